The lowest BCUT2D eigenvalue weighted by molar-refractivity contribution is -0.148. The molecular weight excluding hydrogens is 562 g/mol. The number of methoxy groups -OCH3 is 2. The van der Waals surface area contributed by atoms with Crippen LogP contribution in [-0.4, -0.2) is 50.2 Å². The van der Waals surface area contributed by atoms with Gasteiger partial charge in [-0.25, -0.2) is 14.4 Å². The van der Waals surface area contributed by atoms with Crippen molar-refractivity contribution in [1.82, 2.24) is 5.32 Å². The molecule has 0 spiro atoms. The van der Waals surface area contributed by atoms with Crippen LogP contribution in [0.2, 0.25) is 0 Å². The smallest absolute Gasteiger partial charge is 0.374 e. The van der Waals surface area contributed by atoms with Crippen LogP contribution < -0.4 is 5.32 Å². The minimum Gasteiger partial charge on any atom is -0.473 e. The summed E-state index contributed by atoms with van der Waals surface area (Å²) in [5.74, 6) is -0.953. The van der Waals surface area contributed by atoms with Gasteiger partial charge >= 0.3 is 17.9 Å². The molecule has 6 rings (SSSR count). The summed E-state index contributed by atoms with van der Waals surface area (Å²) in [6, 6.07) is 9.14. The highest BCUT2D eigenvalue weighted by Crippen LogP contribution is 2.66. The van der Waals surface area contributed by atoms with E-state index in [0.29, 0.717) is 23.8 Å². The third-order valence-corrected chi connectivity index (χ3v) is 11.2. The first kappa shape index (κ1) is 30.2. The molecule has 1 N–H and O–H groups in total. The zero-order valence-corrected chi connectivity index (χ0v) is 26.1. The number of amides is 1. The topological polar surface area (TPSA) is 117 Å². The van der Waals surface area contributed by atoms with Crippen molar-refractivity contribution in [2.24, 2.45) is 28.6 Å². The van der Waals surface area contributed by atoms with Crippen molar-refractivity contribution in [3.8, 4) is 0 Å². The fourth-order valence-electron chi connectivity index (χ4n) is 8.98. The average Bonchev–Trinajstić information content (AvgIpc) is 3.28. The molecule has 2 fully saturated rings. The van der Waals surface area contributed by atoms with Gasteiger partial charge in [-0.1, -0.05) is 43.7 Å². The van der Waals surface area contributed by atoms with Crippen LogP contribution in [0.25, 0.3) is 0 Å². The second-order valence-electron chi connectivity index (χ2n) is 13.4. The molecule has 0 aromatic heterocycles. The molecule has 1 aromatic rings. The molecule has 1 unspecified atom stereocenters. The van der Waals surface area contributed by atoms with Gasteiger partial charge in [0.15, 0.2) is 6.10 Å². The van der Waals surface area contributed by atoms with Crippen LogP contribution in [0.5, 0.6) is 0 Å². The largest absolute Gasteiger partial charge is 0.473 e. The van der Waals surface area contributed by atoms with Gasteiger partial charge in [-0.05, 0) is 79.4 Å². The average molecular weight is 604 g/mol. The number of esters is 3. The molecule has 0 bridgehead atoms. The molecule has 1 heterocycles. The summed E-state index contributed by atoms with van der Waals surface area (Å²) in [4.78, 5) is 50.4. The predicted molar refractivity (Wildman–Crippen MR) is 160 cm³/mol. The first-order valence-electron chi connectivity index (χ1n) is 15.6. The molecule has 0 saturated heterocycles. The van der Waals surface area contributed by atoms with Crippen LogP contribution >= 0.6 is 0 Å². The Morgan fingerprint density at radius 1 is 0.886 bits per heavy atom. The third-order valence-electron chi connectivity index (χ3n) is 11.2. The van der Waals surface area contributed by atoms with E-state index in [1.165, 1.54) is 26.7 Å². The van der Waals surface area contributed by atoms with Gasteiger partial charge in [0.2, 0.25) is 11.7 Å². The van der Waals surface area contributed by atoms with Crippen molar-refractivity contribution in [3.05, 3.63) is 70.1 Å². The molecule has 7 atom stereocenters. The Kier molecular flexibility index (Phi) is 7.70. The molecule has 9 nitrogen and oxygen atoms in total. The number of hydrogen-bond donors (Lipinski definition) is 1. The molecule has 5 aliphatic rings. The summed E-state index contributed by atoms with van der Waals surface area (Å²) >= 11 is 0. The van der Waals surface area contributed by atoms with Gasteiger partial charge in [0.25, 0.3) is 0 Å². The number of allylic oxidation sites excluding steroid dienone is 2. The number of rotatable bonds is 6. The maximum absolute atomic E-state index is 12.8. The monoisotopic (exact) mass is 603 g/mol. The minimum absolute atomic E-state index is 0.00107. The number of hydrogen-bond acceptors (Lipinski definition) is 8. The lowest BCUT2D eigenvalue weighted by Crippen LogP contribution is -2.51. The van der Waals surface area contributed by atoms with E-state index < -0.39 is 18.0 Å². The lowest BCUT2D eigenvalue weighted by atomic mass is 9.47. The Bertz CT molecular complexity index is 1490. The predicted octanol–water partition coefficient (Wildman–Crippen LogP) is 5.17. The van der Waals surface area contributed by atoms with E-state index in [4.69, 9.17) is 18.9 Å². The summed E-state index contributed by atoms with van der Waals surface area (Å²) in [6.07, 6.45) is 7.38. The van der Waals surface area contributed by atoms with Gasteiger partial charge < -0.3 is 24.3 Å². The standard InChI is InChI=1S/C35H41NO8/c1-19(37)36-30-24(28-27(32(39)41-4)29(44-28)33(40)42-5)18-26-23-12-11-21-17-22(43-31(38)20-9-7-6-8-10-20)13-15-34(21,2)25(23)14-16-35(26,30)3/h6-11,22-23,25-26,28H,12-18H2,1-5H3,(H,36,37)/t22-,23+,25-,26-,28?,34-,35-/m0/s1. The first-order chi connectivity index (χ1) is 21.0. The SMILES string of the molecule is COC(=O)C1=C(C(=O)OC)C(C2=C(NC(C)=O)[C@@]3(C)CC[C@H]4[C@@H](CC=C5C[C@@H](OC(=O)c6ccccc6)CC[C@@]54C)[C@@H]3C2)O1. The van der Waals surface area contributed by atoms with Crippen LogP contribution in [0.15, 0.2) is 64.6 Å². The molecule has 1 amide bonds. The van der Waals surface area contributed by atoms with Crippen LogP contribution in [0.3, 0.4) is 0 Å². The van der Waals surface area contributed by atoms with Crippen molar-refractivity contribution in [3.63, 3.8) is 0 Å². The van der Waals surface area contributed by atoms with E-state index in [1.807, 2.05) is 18.2 Å². The van der Waals surface area contributed by atoms with Crippen LogP contribution in [0.1, 0.15) is 76.1 Å². The first-order valence-corrected chi connectivity index (χ1v) is 15.6. The van der Waals surface area contributed by atoms with Gasteiger partial charge in [-0.3, -0.25) is 4.79 Å². The quantitative estimate of drug-likeness (QED) is 0.269. The second kappa shape index (κ2) is 11.2. The number of ether oxygens (including phenoxy) is 4. The number of nitrogens with one attached hydrogen (secondary N) is 1. The number of fused-ring (bicyclic) bond motifs is 5. The molecule has 2 saturated carbocycles. The molecule has 4 aliphatic carbocycles. The van der Waals surface area contributed by atoms with E-state index in [1.54, 1.807) is 12.1 Å². The summed E-state index contributed by atoms with van der Waals surface area (Å²) in [5.41, 5.74) is 3.41. The fraction of sp³-hybridized carbons (Fsp3) is 0.543. The normalized spacial score (nSPS) is 33.8. The summed E-state index contributed by atoms with van der Waals surface area (Å²) in [5, 5.41) is 3.12. The minimum atomic E-state index is -0.778. The van der Waals surface area contributed by atoms with Crippen LogP contribution in [0, 0.1) is 28.6 Å². The molecule has 9 heteroatoms. The molecule has 234 valence electrons. The maximum Gasteiger partial charge on any atom is 0.374 e. The Labute approximate surface area is 258 Å². The van der Waals surface area contributed by atoms with E-state index in [-0.39, 0.29) is 46.1 Å². The van der Waals surface area contributed by atoms with E-state index in [9.17, 15) is 19.2 Å². The van der Waals surface area contributed by atoms with E-state index in [2.05, 4.69) is 25.2 Å². The van der Waals surface area contributed by atoms with Crippen molar-refractivity contribution >= 4 is 23.8 Å². The van der Waals surface area contributed by atoms with E-state index in [0.717, 1.165) is 49.8 Å². The van der Waals surface area contributed by atoms with Gasteiger partial charge in [0, 0.05) is 24.5 Å². The Hall–Kier alpha value is -3.88. The summed E-state index contributed by atoms with van der Waals surface area (Å²) in [6.45, 7) is 6.08. The van der Waals surface area contributed by atoms with Crippen LogP contribution in [0.4, 0.5) is 0 Å². The maximum atomic E-state index is 12.8. The Balaban J connectivity index is 1.26. The van der Waals surface area contributed by atoms with Crippen molar-refractivity contribution in [2.45, 2.75) is 77.9 Å². The zero-order valence-electron chi connectivity index (χ0n) is 26.1. The summed E-state index contributed by atoms with van der Waals surface area (Å²) < 4.78 is 21.7. The highest BCUT2D eigenvalue weighted by Gasteiger charge is 2.60. The van der Waals surface area contributed by atoms with Gasteiger partial charge in [0.05, 0.1) is 19.8 Å². The molecule has 1 aliphatic heterocycles. The molecular formula is C35H41NO8. The highest BCUT2D eigenvalue weighted by molar-refractivity contribution is 6.02. The Morgan fingerprint density at radius 3 is 2.27 bits per heavy atom. The third kappa shape index (κ3) is 4.75. The second-order valence-corrected chi connectivity index (χ2v) is 13.4. The fourth-order valence-corrected chi connectivity index (χ4v) is 8.98. The highest BCUT2D eigenvalue weighted by atomic mass is 16.6. The molecule has 1 aromatic carbocycles. The lowest BCUT2D eigenvalue weighted by Gasteiger charge is -2.57. The van der Waals surface area contributed by atoms with Crippen molar-refractivity contribution in [1.29, 1.82) is 0 Å². The van der Waals surface area contributed by atoms with Gasteiger partial charge in [0.1, 0.15) is 11.7 Å². The zero-order chi connectivity index (χ0) is 31.4. The van der Waals surface area contributed by atoms with E-state index >= 15 is 0 Å². The Morgan fingerprint density at radius 2 is 1.59 bits per heavy atom. The van der Waals surface area contributed by atoms with Crippen LogP contribution in [-0.2, 0) is 33.3 Å². The molecule has 0 radical (unpaired) electrons. The molecule has 44 heavy (non-hydrogen) atoms. The van der Waals surface area contributed by atoms with Gasteiger partial charge in [-0.2, -0.15) is 0 Å². The van der Waals surface area contributed by atoms with Crippen molar-refractivity contribution in [2.75, 3.05) is 14.2 Å². The number of carbonyl (C=O) groups excluding carboxylic acids is 4. The summed E-state index contributed by atoms with van der Waals surface area (Å²) in [7, 11) is 2.51. The van der Waals surface area contributed by atoms with Crippen molar-refractivity contribution < 1.29 is 38.1 Å². The van der Waals surface area contributed by atoms with Gasteiger partial charge in [-0.15, -0.1) is 0 Å². The number of carbonyl (C=O) groups is 4. The number of benzene rings is 1.